The minimum atomic E-state index is -1.44. The highest BCUT2D eigenvalue weighted by Gasteiger charge is 2.70. The minimum Gasteiger partial charge on any atom is -0.454 e. The predicted molar refractivity (Wildman–Crippen MR) is 187 cm³/mol. The van der Waals surface area contributed by atoms with Crippen LogP contribution in [0.1, 0.15) is 132 Å². The average molecular weight is 705 g/mol. The van der Waals surface area contributed by atoms with Gasteiger partial charge in [0.2, 0.25) is 0 Å². The molecule has 50 heavy (non-hydrogen) atoms. The number of rotatable bonds is 9. The number of esters is 1. The third-order valence-corrected chi connectivity index (χ3v) is 17.7. The fraction of sp³-hybridized carbons (Fsp3) is 0.976. The van der Waals surface area contributed by atoms with Crippen molar-refractivity contribution >= 4 is 5.97 Å². The molecular weight excluding hydrogens is 636 g/mol. The summed E-state index contributed by atoms with van der Waals surface area (Å²) in [5.41, 5.74) is 2.02. The molecule has 7 fully saturated rings. The maximum Gasteiger partial charge on any atom is 0.338 e. The van der Waals surface area contributed by atoms with Crippen molar-refractivity contribution in [1.82, 2.24) is 0 Å². The van der Waals surface area contributed by atoms with E-state index in [0.717, 1.165) is 24.2 Å². The number of hydrogen-bond donors (Lipinski definition) is 5. The Morgan fingerprint density at radius 1 is 0.760 bits per heavy atom. The summed E-state index contributed by atoms with van der Waals surface area (Å²) < 4.78 is 15.8. The third kappa shape index (κ3) is 5.51. The number of carbonyl (C=O) groups excluding carboxylic acids is 1. The van der Waals surface area contributed by atoms with Gasteiger partial charge in [0.05, 0.1) is 12.7 Å². The molecule has 7 aliphatic rings. The molecule has 4 unspecified atom stereocenters. The smallest absolute Gasteiger partial charge is 0.338 e. The van der Waals surface area contributed by atoms with E-state index in [1.807, 2.05) is 0 Å². The molecule has 2 heterocycles. The molecule has 0 aromatic heterocycles. The standard InChI is InChI=1S/C41H68O9/c1-22(9-10-25(42)30(44)26(43)21-48-36-32(46)33-31(45)34(50-36)35(47)49-33)23-13-18-38(4)24(23)14-19-40(6)28(38)11-12-29-39(5)17-8-16-37(2,3)27(39)15-20-41(29,40)7/h22-34,36,42-46H,8-21H2,1-7H3/t22?,23-,24+,25?,26?,27+,28-,29-,30?,31-,32-,33+,34+,36-,38+,39+,40-,41-/m1/s1. The van der Waals surface area contributed by atoms with Crippen molar-refractivity contribution in [1.29, 1.82) is 0 Å². The van der Waals surface area contributed by atoms with Gasteiger partial charge in [-0.05, 0) is 140 Å². The molecule has 18 atom stereocenters. The molecule has 5 N–H and O–H groups in total. The number of hydrogen-bond acceptors (Lipinski definition) is 9. The van der Waals surface area contributed by atoms with E-state index in [0.29, 0.717) is 51.2 Å². The zero-order chi connectivity index (χ0) is 36.2. The molecule has 7 rings (SSSR count). The van der Waals surface area contributed by atoms with E-state index in [1.54, 1.807) is 0 Å². The van der Waals surface area contributed by atoms with Gasteiger partial charge in [-0.1, -0.05) is 54.9 Å². The van der Waals surface area contributed by atoms with E-state index < -0.39 is 61.6 Å². The van der Waals surface area contributed by atoms with Crippen LogP contribution in [0.2, 0.25) is 0 Å². The van der Waals surface area contributed by atoms with Gasteiger partial charge in [-0.25, -0.2) is 4.79 Å². The fourth-order valence-electron chi connectivity index (χ4n) is 14.9. The maximum absolute atomic E-state index is 11.8. The van der Waals surface area contributed by atoms with E-state index in [4.69, 9.17) is 14.2 Å². The number of carbonyl (C=O) groups is 1. The Bertz CT molecular complexity index is 1270. The molecule has 0 amide bonds. The largest absolute Gasteiger partial charge is 0.454 e. The van der Waals surface area contributed by atoms with Crippen LogP contribution in [0.15, 0.2) is 0 Å². The SMILES string of the molecule is CC(CCC(O)C(O)C(O)CO[C@@H]1O[C@@H]2C(=O)O[C@@H]([C@H]2O)[C@H]1O)[C@H]1CC[C@]2(C)[C@H]3CC[C@@H]4[C@@]5(C)CCCC(C)(C)[C@@H]5CC[C@@]4(C)[C@]3(C)CC[C@@H]12. The van der Waals surface area contributed by atoms with Crippen molar-refractivity contribution in [2.45, 2.75) is 181 Å². The average Bonchev–Trinajstić information content (AvgIpc) is 3.50. The lowest BCUT2D eigenvalue weighted by Crippen LogP contribution is -2.65. The van der Waals surface area contributed by atoms with Crippen LogP contribution in [-0.2, 0) is 19.0 Å². The van der Waals surface area contributed by atoms with Crippen molar-refractivity contribution in [3.8, 4) is 0 Å². The molecule has 2 aliphatic heterocycles. The van der Waals surface area contributed by atoms with Gasteiger partial charge < -0.3 is 39.7 Å². The molecule has 9 nitrogen and oxygen atoms in total. The predicted octanol–water partition coefficient (Wildman–Crippen LogP) is 5.37. The number of ether oxygens (including phenoxy) is 3. The van der Waals surface area contributed by atoms with Crippen LogP contribution >= 0.6 is 0 Å². The molecule has 9 heteroatoms. The first-order chi connectivity index (χ1) is 23.4. The highest BCUT2D eigenvalue weighted by molar-refractivity contribution is 5.78. The molecule has 0 spiro atoms. The minimum absolute atomic E-state index is 0.339. The van der Waals surface area contributed by atoms with Gasteiger partial charge in [0.1, 0.15) is 24.4 Å². The van der Waals surface area contributed by atoms with Crippen LogP contribution < -0.4 is 0 Å². The first-order valence-corrected chi connectivity index (χ1v) is 20.3. The van der Waals surface area contributed by atoms with Gasteiger partial charge in [0.25, 0.3) is 0 Å². The third-order valence-electron chi connectivity index (χ3n) is 17.7. The number of aliphatic hydroxyl groups is 5. The quantitative estimate of drug-likeness (QED) is 0.200. The van der Waals surface area contributed by atoms with Crippen LogP contribution in [-0.4, -0.2) is 87.1 Å². The molecule has 5 aliphatic carbocycles. The molecule has 0 radical (unpaired) electrons. The molecule has 5 saturated carbocycles. The molecular formula is C41H68O9. The summed E-state index contributed by atoms with van der Waals surface area (Å²) in [6, 6.07) is 0. The molecule has 2 saturated heterocycles. The van der Waals surface area contributed by atoms with E-state index in [1.165, 1.54) is 70.6 Å². The second kappa shape index (κ2) is 12.9. The normalized spacial score (nSPS) is 51.7. The molecule has 2 bridgehead atoms. The second-order valence-electron chi connectivity index (χ2n) is 20.1. The Labute approximate surface area is 300 Å². The van der Waals surface area contributed by atoms with Gasteiger partial charge in [0.15, 0.2) is 18.5 Å². The van der Waals surface area contributed by atoms with Crippen molar-refractivity contribution < 1.29 is 44.5 Å². The summed E-state index contributed by atoms with van der Waals surface area (Å²) in [5.74, 6) is 3.33. The van der Waals surface area contributed by atoms with Gasteiger partial charge in [0, 0.05) is 0 Å². The zero-order valence-corrected chi connectivity index (χ0v) is 31.9. The van der Waals surface area contributed by atoms with Crippen molar-refractivity contribution in [3.63, 3.8) is 0 Å². The topological polar surface area (TPSA) is 146 Å². The van der Waals surface area contributed by atoms with Gasteiger partial charge >= 0.3 is 5.97 Å². The lowest BCUT2D eigenvalue weighted by Gasteiger charge is -2.73. The number of fused-ring (bicyclic) bond motifs is 9. The Morgan fingerprint density at radius 2 is 1.42 bits per heavy atom. The van der Waals surface area contributed by atoms with Gasteiger partial charge in [-0.15, -0.1) is 0 Å². The van der Waals surface area contributed by atoms with E-state index in [9.17, 15) is 30.3 Å². The second-order valence-corrected chi connectivity index (χ2v) is 20.1. The lowest BCUT2D eigenvalue weighted by atomic mass is 9.32. The van der Waals surface area contributed by atoms with Crippen LogP contribution in [0.5, 0.6) is 0 Å². The van der Waals surface area contributed by atoms with Crippen molar-refractivity contribution in [2.24, 2.45) is 62.6 Å². The number of aliphatic hydroxyl groups excluding tert-OH is 5. The summed E-state index contributed by atoms with van der Waals surface area (Å²) >= 11 is 0. The van der Waals surface area contributed by atoms with Crippen LogP contribution in [0.25, 0.3) is 0 Å². The Morgan fingerprint density at radius 3 is 2.12 bits per heavy atom. The van der Waals surface area contributed by atoms with Crippen LogP contribution in [0.3, 0.4) is 0 Å². The lowest BCUT2D eigenvalue weighted by molar-refractivity contribution is -0.270. The summed E-state index contributed by atoms with van der Waals surface area (Å²) in [7, 11) is 0. The Balaban J connectivity index is 0.947. The van der Waals surface area contributed by atoms with E-state index in [2.05, 4.69) is 48.5 Å². The highest BCUT2D eigenvalue weighted by atomic mass is 16.7. The Hall–Kier alpha value is -0.810. The van der Waals surface area contributed by atoms with E-state index in [-0.39, 0.29) is 0 Å². The van der Waals surface area contributed by atoms with Crippen molar-refractivity contribution in [3.05, 3.63) is 0 Å². The highest BCUT2D eigenvalue weighted by Crippen LogP contribution is 2.78. The van der Waals surface area contributed by atoms with Gasteiger partial charge in [-0.2, -0.15) is 0 Å². The van der Waals surface area contributed by atoms with Gasteiger partial charge in [-0.3, -0.25) is 0 Å². The summed E-state index contributed by atoms with van der Waals surface area (Å²) in [6.07, 6.45) is 5.55. The summed E-state index contributed by atoms with van der Waals surface area (Å²) in [6.45, 7) is 17.8. The maximum atomic E-state index is 11.8. The van der Waals surface area contributed by atoms with Crippen molar-refractivity contribution in [2.75, 3.05) is 6.61 Å². The van der Waals surface area contributed by atoms with E-state index >= 15 is 0 Å². The molecule has 0 aromatic rings. The fourth-order valence-corrected chi connectivity index (χ4v) is 14.9. The molecule has 286 valence electrons. The Kier molecular flexibility index (Phi) is 9.68. The van der Waals surface area contributed by atoms with Crippen LogP contribution in [0, 0.1) is 62.6 Å². The molecule has 0 aromatic carbocycles. The van der Waals surface area contributed by atoms with Crippen LogP contribution in [0.4, 0.5) is 0 Å². The monoisotopic (exact) mass is 704 g/mol. The first-order valence-electron chi connectivity index (χ1n) is 20.3. The summed E-state index contributed by atoms with van der Waals surface area (Å²) in [4.78, 5) is 11.8. The summed E-state index contributed by atoms with van der Waals surface area (Å²) in [5, 5.41) is 52.8. The first kappa shape index (κ1) is 37.5. The zero-order valence-electron chi connectivity index (χ0n) is 31.9.